The molecule has 0 atom stereocenters. The van der Waals surface area contributed by atoms with Crippen LogP contribution < -0.4 is 0 Å². The first-order valence-electron chi connectivity index (χ1n) is 6.23. The summed E-state index contributed by atoms with van der Waals surface area (Å²) in [6, 6.07) is 13.0. The number of aryl methyl sites for hydroxylation is 1. The molecule has 0 N–H and O–H groups in total. The maximum atomic E-state index is 2.52. The highest BCUT2D eigenvalue weighted by atomic mass is 15.2. The van der Waals surface area contributed by atoms with Gasteiger partial charge in [-0.2, -0.15) is 0 Å². The minimum Gasteiger partial charge on any atom is -0.349 e. The molecule has 0 unspecified atom stereocenters. The molecule has 0 bridgehead atoms. The molecule has 0 radical (unpaired) electrons. The first-order chi connectivity index (χ1) is 8.31. The fraction of sp³-hybridized carbons (Fsp3) is 0.333. The van der Waals surface area contributed by atoms with Crippen molar-refractivity contribution in [2.45, 2.75) is 26.6 Å². The van der Waals surface area contributed by atoms with Gasteiger partial charge in [0.1, 0.15) is 0 Å². The number of nitrogens with zero attached hydrogens (tertiary/aromatic N) is 2. The Hall–Kier alpha value is -1.54. The molecule has 0 saturated heterocycles. The Morgan fingerprint density at radius 2 is 1.94 bits per heavy atom. The fourth-order valence-electron chi connectivity index (χ4n) is 2.59. The van der Waals surface area contributed by atoms with Crippen molar-refractivity contribution in [3.05, 3.63) is 59.4 Å². The number of fused-ring (bicyclic) bond motifs is 1. The lowest BCUT2D eigenvalue weighted by Gasteiger charge is -2.28. The SMILES string of the molecule is Cc1cc2n(c1)CCN(Cc1ccccc1)C2. The minimum atomic E-state index is 1.06. The molecular weight excluding hydrogens is 208 g/mol. The Balaban J connectivity index is 1.72. The third kappa shape index (κ3) is 2.27. The van der Waals surface area contributed by atoms with Gasteiger partial charge in [-0.25, -0.2) is 0 Å². The zero-order chi connectivity index (χ0) is 11.7. The van der Waals surface area contributed by atoms with Gasteiger partial charge in [0.15, 0.2) is 0 Å². The normalized spacial score (nSPS) is 15.8. The van der Waals surface area contributed by atoms with Crippen LogP contribution in [0.2, 0.25) is 0 Å². The van der Waals surface area contributed by atoms with Gasteiger partial charge in [-0.05, 0) is 24.1 Å². The molecule has 1 aliphatic rings. The van der Waals surface area contributed by atoms with Crippen LogP contribution >= 0.6 is 0 Å². The van der Waals surface area contributed by atoms with Crippen molar-refractivity contribution in [2.75, 3.05) is 6.54 Å². The van der Waals surface area contributed by atoms with Gasteiger partial charge in [0, 0.05) is 38.1 Å². The summed E-state index contributed by atoms with van der Waals surface area (Å²) in [7, 11) is 0. The van der Waals surface area contributed by atoms with E-state index >= 15 is 0 Å². The molecule has 1 aliphatic heterocycles. The molecule has 0 aliphatic carbocycles. The van der Waals surface area contributed by atoms with Gasteiger partial charge in [0.25, 0.3) is 0 Å². The van der Waals surface area contributed by atoms with Gasteiger partial charge in [-0.3, -0.25) is 4.90 Å². The largest absolute Gasteiger partial charge is 0.349 e. The Morgan fingerprint density at radius 1 is 1.12 bits per heavy atom. The van der Waals surface area contributed by atoms with E-state index in [4.69, 9.17) is 0 Å². The summed E-state index contributed by atoms with van der Waals surface area (Å²) in [5, 5.41) is 0. The number of hydrogen-bond acceptors (Lipinski definition) is 1. The molecule has 0 spiro atoms. The van der Waals surface area contributed by atoms with Gasteiger partial charge in [-0.15, -0.1) is 0 Å². The number of hydrogen-bond donors (Lipinski definition) is 0. The number of aromatic nitrogens is 1. The second-order valence-electron chi connectivity index (χ2n) is 4.90. The lowest BCUT2D eigenvalue weighted by Crippen LogP contribution is -2.32. The molecule has 17 heavy (non-hydrogen) atoms. The first-order valence-corrected chi connectivity index (χ1v) is 6.23. The molecule has 0 saturated carbocycles. The van der Waals surface area contributed by atoms with E-state index in [2.05, 4.69) is 59.0 Å². The Bertz CT molecular complexity index is 499. The minimum absolute atomic E-state index is 1.06. The predicted molar refractivity (Wildman–Crippen MR) is 69.7 cm³/mol. The van der Waals surface area contributed by atoms with E-state index in [0.29, 0.717) is 0 Å². The highest BCUT2D eigenvalue weighted by molar-refractivity contribution is 5.19. The van der Waals surface area contributed by atoms with Crippen LogP contribution in [0.1, 0.15) is 16.8 Å². The van der Waals surface area contributed by atoms with E-state index in [-0.39, 0.29) is 0 Å². The number of rotatable bonds is 2. The molecule has 3 rings (SSSR count). The van der Waals surface area contributed by atoms with Crippen molar-refractivity contribution >= 4 is 0 Å². The van der Waals surface area contributed by atoms with Gasteiger partial charge < -0.3 is 4.57 Å². The lowest BCUT2D eigenvalue weighted by molar-refractivity contribution is 0.213. The van der Waals surface area contributed by atoms with E-state index in [0.717, 1.165) is 26.2 Å². The second-order valence-corrected chi connectivity index (χ2v) is 4.90. The Kier molecular flexibility index (Phi) is 2.73. The zero-order valence-corrected chi connectivity index (χ0v) is 10.3. The highest BCUT2D eigenvalue weighted by Crippen LogP contribution is 2.17. The maximum Gasteiger partial charge on any atom is 0.0391 e. The Morgan fingerprint density at radius 3 is 2.76 bits per heavy atom. The summed E-state index contributed by atoms with van der Waals surface area (Å²) in [5.74, 6) is 0. The van der Waals surface area contributed by atoms with Crippen LogP contribution in [0.3, 0.4) is 0 Å². The van der Waals surface area contributed by atoms with Gasteiger partial charge in [0.2, 0.25) is 0 Å². The Labute approximate surface area is 102 Å². The van der Waals surface area contributed by atoms with Crippen LogP contribution in [-0.2, 0) is 19.6 Å². The summed E-state index contributed by atoms with van der Waals surface area (Å²) in [5.41, 5.74) is 4.23. The molecule has 1 aromatic carbocycles. The topological polar surface area (TPSA) is 8.17 Å². The zero-order valence-electron chi connectivity index (χ0n) is 10.3. The van der Waals surface area contributed by atoms with Crippen LogP contribution in [0.5, 0.6) is 0 Å². The van der Waals surface area contributed by atoms with Crippen molar-refractivity contribution in [3.8, 4) is 0 Å². The summed E-state index contributed by atoms with van der Waals surface area (Å²) in [4.78, 5) is 2.52. The summed E-state index contributed by atoms with van der Waals surface area (Å²) < 4.78 is 2.39. The van der Waals surface area contributed by atoms with E-state index in [1.54, 1.807) is 0 Å². The van der Waals surface area contributed by atoms with E-state index in [1.165, 1.54) is 16.8 Å². The van der Waals surface area contributed by atoms with Gasteiger partial charge in [-0.1, -0.05) is 30.3 Å². The van der Waals surface area contributed by atoms with Crippen molar-refractivity contribution in [3.63, 3.8) is 0 Å². The quantitative estimate of drug-likeness (QED) is 0.764. The summed E-state index contributed by atoms with van der Waals surface area (Å²) in [6.07, 6.45) is 2.26. The molecular formula is C15H18N2. The maximum absolute atomic E-state index is 2.52. The van der Waals surface area contributed by atoms with Gasteiger partial charge >= 0.3 is 0 Å². The predicted octanol–water partition coefficient (Wildman–Crippen LogP) is 2.81. The smallest absolute Gasteiger partial charge is 0.0391 e. The van der Waals surface area contributed by atoms with E-state index in [9.17, 15) is 0 Å². The monoisotopic (exact) mass is 226 g/mol. The van der Waals surface area contributed by atoms with Crippen molar-refractivity contribution in [1.29, 1.82) is 0 Å². The molecule has 2 heteroatoms. The van der Waals surface area contributed by atoms with Crippen LogP contribution in [-0.4, -0.2) is 16.0 Å². The van der Waals surface area contributed by atoms with Crippen molar-refractivity contribution in [2.24, 2.45) is 0 Å². The molecule has 0 amide bonds. The van der Waals surface area contributed by atoms with Crippen LogP contribution in [0, 0.1) is 6.92 Å². The van der Waals surface area contributed by atoms with Crippen LogP contribution in [0.25, 0.3) is 0 Å². The first kappa shape index (κ1) is 10.6. The van der Waals surface area contributed by atoms with E-state index in [1.807, 2.05) is 0 Å². The third-order valence-electron chi connectivity index (χ3n) is 3.41. The van der Waals surface area contributed by atoms with Crippen molar-refractivity contribution in [1.82, 2.24) is 9.47 Å². The van der Waals surface area contributed by atoms with Crippen molar-refractivity contribution < 1.29 is 0 Å². The summed E-state index contributed by atoms with van der Waals surface area (Å²) in [6.45, 7) is 6.58. The summed E-state index contributed by atoms with van der Waals surface area (Å²) >= 11 is 0. The third-order valence-corrected chi connectivity index (χ3v) is 3.41. The highest BCUT2D eigenvalue weighted by Gasteiger charge is 2.16. The average Bonchev–Trinajstić information content (AvgIpc) is 2.70. The molecule has 2 nitrogen and oxygen atoms in total. The van der Waals surface area contributed by atoms with Gasteiger partial charge in [0.05, 0.1) is 0 Å². The van der Waals surface area contributed by atoms with E-state index < -0.39 is 0 Å². The molecule has 2 aromatic rings. The molecule has 88 valence electrons. The molecule has 2 heterocycles. The average molecular weight is 226 g/mol. The number of benzene rings is 1. The van der Waals surface area contributed by atoms with Crippen LogP contribution in [0.4, 0.5) is 0 Å². The standard InChI is InChI=1S/C15H18N2/c1-13-9-15-12-16(7-8-17(15)10-13)11-14-5-3-2-4-6-14/h2-6,9-10H,7-8,11-12H2,1H3. The van der Waals surface area contributed by atoms with Crippen LogP contribution in [0.15, 0.2) is 42.6 Å². The molecule has 0 fully saturated rings. The second kappa shape index (κ2) is 4.38. The molecule has 1 aromatic heterocycles. The lowest BCUT2D eigenvalue weighted by atomic mass is 10.2. The fourth-order valence-corrected chi connectivity index (χ4v) is 2.59.